The Bertz CT molecular complexity index is 315. The van der Waals surface area contributed by atoms with Crippen LogP contribution >= 0.6 is 11.3 Å². The Morgan fingerprint density at radius 3 is 2.56 bits per heavy atom. The highest BCUT2D eigenvalue weighted by Crippen LogP contribution is 2.24. The maximum absolute atomic E-state index is 5.63. The van der Waals surface area contributed by atoms with Gasteiger partial charge in [0.25, 0.3) is 0 Å². The molecule has 3 heteroatoms. The number of hydrogen-bond donors (Lipinski definition) is 1. The summed E-state index contributed by atoms with van der Waals surface area (Å²) in [6.07, 6.45) is 7.01. The molecule has 2 rings (SSSR count). The predicted molar refractivity (Wildman–Crippen MR) is 70.6 cm³/mol. The zero-order chi connectivity index (χ0) is 11.4. The monoisotopic (exact) mass is 238 g/mol. The summed E-state index contributed by atoms with van der Waals surface area (Å²) in [5.41, 5.74) is 5.63. The maximum atomic E-state index is 5.63. The fraction of sp³-hybridized carbons (Fsp3) is 0.692. The van der Waals surface area contributed by atoms with Gasteiger partial charge in [-0.2, -0.15) is 0 Å². The first-order valence-corrected chi connectivity index (χ1v) is 7.09. The van der Waals surface area contributed by atoms with Crippen LogP contribution in [0, 0.1) is 0 Å². The highest BCUT2D eigenvalue weighted by atomic mass is 32.1. The van der Waals surface area contributed by atoms with Gasteiger partial charge in [-0.3, -0.25) is 4.90 Å². The van der Waals surface area contributed by atoms with Gasteiger partial charge in [0.2, 0.25) is 0 Å². The van der Waals surface area contributed by atoms with E-state index < -0.39 is 0 Å². The van der Waals surface area contributed by atoms with Gasteiger partial charge in [0.05, 0.1) is 0 Å². The topological polar surface area (TPSA) is 29.3 Å². The van der Waals surface area contributed by atoms with E-state index in [4.69, 9.17) is 5.73 Å². The average molecular weight is 238 g/mol. The number of rotatable bonds is 4. The highest BCUT2D eigenvalue weighted by molar-refractivity contribution is 7.11. The summed E-state index contributed by atoms with van der Waals surface area (Å²) >= 11 is 1.86. The van der Waals surface area contributed by atoms with E-state index in [2.05, 4.69) is 24.1 Å². The predicted octanol–water partition coefficient (Wildman–Crippen LogP) is 2.97. The van der Waals surface area contributed by atoms with Crippen LogP contribution in [0.5, 0.6) is 0 Å². The molecule has 1 aromatic rings. The van der Waals surface area contributed by atoms with E-state index in [1.165, 1.54) is 41.9 Å². The van der Waals surface area contributed by atoms with Gasteiger partial charge in [-0.05, 0) is 32.0 Å². The van der Waals surface area contributed by atoms with Gasteiger partial charge in [-0.1, -0.05) is 19.3 Å². The van der Waals surface area contributed by atoms with Crippen molar-refractivity contribution in [1.29, 1.82) is 0 Å². The van der Waals surface area contributed by atoms with Crippen LogP contribution in [-0.2, 0) is 13.1 Å². The van der Waals surface area contributed by atoms with Crippen molar-refractivity contribution >= 4 is 11.3 Å². The third-order valence-electron chi connectivity index (χ3n) is 3.52. The maximum Gasteiger partial charge on any atom is 0.0327 e. The minimum Gasteiger partial charge on any atom is -0.326 e. The van der Waals surface area contributed by atoms with Gasteiger partial charge in [0.1, 0.15) is 0 Å². The summed E-state index contributed by atoms with van der Waals surface area (Å²) in [7, 11) is 2.26. The van der Waals surface area contributed by atoms with E-state index in [0.29, 0.717) is 6.54 Å². The summed E-state index contributed by atoms with van der Waals surface area (Å²) in [4.78, 5) is 5.27. The third-order valence-corrected chi connectivity index (χ3v) is 4.61. The Hall–Kier alpha value is -0.380. The second kappa shape index (κ2) is 5.80. The first kappa shape index (κ1) is 12.1. The first-order valence-electron chi connectivity index (χ1n) is 6.27. The molecule has 0 amide bonds. The molecule has 2 N–H and O–H groups in total. The normalized spacial score (nSPS) is 18.2. The van der Waals surface area contributed by atoms with Crippen LogP contribution in [0.1, 0.15) is 41.9 Å². The molecular formula is C13H22N2S. The molecular weight excluding hydrogens is 216 g/mol. The van der Waals surface area contributed by atoms with Crippen LogP contribution in [-0.4, -0.2) is 18.0 Å². The van der Waals surface area contributed by atoms with Crippen molar-refractivity contribution in [1.82, 2.24) is 4.90 Å². The Labute approximate surface area is 102 Å². The van der Waals surface area contributed by atoms with E-state index in [-0.39, 0.29) is 0 Å². The summed E-state index contributed by atoms with van der Waals surface area (Å²) in [6, 6.07) is 5.19. The molecule has 0 bridgehead atoms. The molecule has 1 aromatic heterocycles. The molecule has 0 radical (unpaired) electrons. The number of hydrogen-bond acceptors (Lipinski definition) is 3. The standard InChI is InChI=1S/C13H22N2S/c1-15(11-5-3-2-4-6-11)10-13-8-7-12(9-14)16-13/h7-8,11H,2-6,9-10,14H2,1H3. The SMILES string of the molecule is CN(Cc1ccc(CN)s1)C1CCCCC1. The van der Waals surface area contributed by atoms with Crippen molar-refractivity contribution in [3.63, 3.8) is 0 Å². The number of nitrogens with zero attached hydrogens (tertiary/aromatic N) is 1. The average Bonchev–Trinajstić information content (AvgIpc) is 2.78. The van der Waals surface area contributed by atoms with Gasteiger partial charge in [-0.25, -0.2) is 0 Å². The van der Waals surface area contributed by atoms with Crippen LogP contribution in [0.4, 0.5) is 0 Å². The summed E-state index contributed by atoms with van der Waals surface area (Å²) in [5.74, 6) is 0. The summed E-state index contributed by atoms with van der Waals surface area (Å²) in [5, 5.41) is 0. The molecule has 1 saturated carbocycles. The van der Waals surface area contributed by atoms with Crippen LogP contribution in [0.3, 0.4) is 0 Å². The zero-order valence-corrected chi connectivity index (χ0v) is 10.9. The van der Waals surface area contributed by atoms with E-state index in [1.54, 1.807) is 0 Å². The molecule has 2 nitrogen and oxygen atoms in total. The quantitative estimate of drug-likeness (QED) is 0.874. The summed E-state index contributed by atoms with van der Waals surface area (Å²) in [6.45, 7) is 1.77. The zero-order valence-electron chi connectivity index (χ0n) is 10.1. The second-order valence-electron chi connectivity index (χ2n) is 4.78. The lowest BCUT2D eigenvalue weighted by Crippen LogP contribution is -2.32. The molecule has 0 spiro atoms. The van der Waals surface area contributed by atoms with Crippen molar-refractivity contribution in [3.05, 3.63) is 21.9 Å². The second-order valence-corrected chi connectivity index (χ2v) is 6.03. The molecule has 0 aliphatic heterocycles. The Balaban J connectivity index is 1.87. The Kier molecular flexibility index (Phi) is 4.38. The molecule has 1 aliphatic carbocycles. The van der Waals surface area contributed by atoms with Crippen molar-refractivity contribution in [2.75, 3.05) is 7.05 Å². The van der Waals surface area contributed by atoms with Crippen molar-refractivity contribution in [2.24, 2.45) is 5.73 Å². The third kappa shape index (κ3) is 3.06. The fourth-order valence-electron chi connectivity index (χ4n) is 2.51. The molecule has 0 unspecified atom stereocenters. The lowest BCUT2D eigenvalue weighted by atomic mass is 9.94. The van der Waals surface area contributed by atoms with Crippen LogP contribution in [0.15, 0.2) is 12.1 Å². The van der Waals surface area contributed by atoms with Gasteiger partial charge in [0, 0.05) is 28.9 Å². The molecule has 1 heterocycles. The number of thiophene rings is 1. The molecule has 1 fully saturated rings. The van der Waals surface area contributed by atoms with Crippen LogP contribution < -0.4 is 5.73 Å². The van der Waals surface area contributed by atoms with E-state index in [9.17, 15) is 0 Å². The molecule has 16 heavy (non-hydrogen) atoms. The Morgan fingerprint density at radius 2 is 1.94 bits per heavy atom. The molecule has 90 valence electrons. The lowest BCUT2D eigenvalue weighted by Gasteiger charge is -2.30. The number of nitrogens with two attached hydrogens (primary N) is 1. The van der Waals surface area contributed by atoms with Gasteiger partial charge >= 0.3 is 0 Å². The first-order chi connectivity index (χ1) is 7.79. The van der Waals surface area contributed by atoms with Gasteiger partial charge in [0.15, 0.2) is 0 Å². The summed E-state index contributed by atoms with van der Waals surface area (Å²) < 4.78 is 0. The van der Waals surface area contributed by atoms with Crippen molar-refractivity contribution < 1.29 is 0 Å². The van der Waals surface area contributed by atoms with E-state index in [0.717, 1.165) is 12.6 Å². The van der Waals surface area contributed by atoms with E-state index >= 15 is 0 Å². The molecule has 1 aliphatic rings. The smallest absolute Gasteiger partial charge is 0.0327 e. The fourth-order valence-corrected chi connectivity index (χ4v) is 3.47. The minimum atomic E-state index is 0.678. The Morgan fingerprint density at radius 1 is 1.25 bits per heavy atom. The molecule has 0 atom stereocenters. The van der Waals surface area contributed by atoms with Crippen molar-refractivity contribution in [2.45, 2.75) is 51.2 Å². The van der Waals surface area contributed by atoms with Crippen molar-refractivity contribution in [3.8, 4) is 0 Å². The highest BCUT2D eigenvalue weighted by Gasteiger charge is 2.18. The molecule has 0 saturated heterocycles. The molecule has 0 aromatic carbocycles. The van der Waals surface area contributed by atoms with Gasteiger partial charge in [-0.15, -0.1) is 11.3 Å². The largest absolute Gasteiger partial charge is 0.326 e. The minimum absolute atomic E-state index is 0.678. The van der Waals surface area contributed by atoms with Gasteiger partial charge < -0.3 is 5.73 Å². The lowest BCUT2D eigenvalue weighted by molar-refractivity contribution is 0.186. The van der Waals surface area contributed by atoms with Crippen LogP contribution in [0.2, 0.25) is 0 Å². The van der Waals surface area contributed by atoms with E-state index in [1.807, 2.05) is 11.3 Å². The van der Waals surface area contributed by atoms with Crippen LogP contribution in [0.25, 0.3) is 0 Å².